The average molecular weight is 563 g/mol. The quantitative estimate of drug-likeness (QED) is 0.288. The van der Waals surface area contributed by atoms with Crippen LogP contribution in [0, 0.1) is 11.7 Å². The van der Waals surface area contributed by atoms with Crippen molar-refractivity contribution in [1.29, 1.82) is 0 Å². The van der Waals surface area contributed by atoms with Crippen molar-refractivity contribution >= 4 is 41.0 Å². The maximum Gasteiger partial charge on any atom is 0.240 e. The normalized spacial score (nSPS) is 15.3. The lowest BCUT2D eigenvalue weighted by molar-refractivity contribution is -0.123. The molecule has 1 N–H and O–H groups in total. The number of nitrogens with zero attached hydrogens (tertiary/aromatic N) is 3. The van der Waals surface area contributed by atoms with Crippen LogP contribution in [0.5, 0.6) is 0 Å². The van der Waals surface area contributed by atoms with Gasteiger partial charge in [-0.15, -0.1) is 11.8 Å². The summed E-state index contributed by atoms with van der Waals surface area (Å²) in [6.45, 7) is 4.36. The Morgan fingerprint density at radius 3 is 2.46 bits per heavy atom. The largest absolute Gasteiger partial charge is 0.354 e. The second-order valence-electron chi connectivity index (χ2n) is 9.74. The summed E-state index contributed by atoms with van der Waals surface area (Å²) in [5.41, 5.74) is 3.70. The van der Waals surface area contributed by atoms with Gasteiger partial charge in [-0.05, 0) is 35.7 Å². The number of anilines is 1. The van der Waals surface area contributed by atoms with E-state index in [9.17, 15) is 14.0 Å². The number of hydrogen-bond donors (Lipinski definition) is 1. The first kappa shape index (κ1) is 27.0. The van der Waals surface area contributed by atoms with Crippen molar-refractivity contribution in [3.8, 4) is 16.9 Å². The van der Waals surface area contributed by atoms with Crippen molar-refractivity contribution in [3.05, 3.63) is 101 Å². The van der Waals surface area contributed by atoms with Crippen molar-refractivity contribution in [2.45, 2.75) is 19.1 Å². The number of thioether (sulfide) groups is 1. The molecule has 0 aliphatic carbocycles. The molecule has 1 aromatic heterocycles. The molecule has 1 aliphatic heterocycles. The van der Waals surface area contributed by atoms with Crippen molar-refractivity contribution in [3.63, 3.8) is 0 Å². The van der Waals surface area contributed by atoms with Gasteiger partial charge in [0.05, 0.1) is 27.4 Å². The molecular weight excluding hydrogens is 535 g/mol. The van der Waals surface area contributed by atoms with Gasteiger partial charge in [0.25, 0.3) is 0 Å². The predicted octanol–water partition coefficient (Wildman–Crippen LogP) is 6.27. The number of benzene rings is 3. The molecule has 0 unspecified atom stereocenters. The molecule has 4 aromatic rings. The second-order valence-corrected chi connectivity index (χ2v) is 11.2. The van der Waals surface area contributed by atoms with Crippen molar-refractivity contribution in [1.82, 2.24) is 15.1 Å². The number of para-hydroxylation sites is 1. The van der Waals surface area contributed by atoms with E-state index in [1.165, 1.54) is 28.8 Å². The lowest BCUT2D eigenvalue weighted by Gasteiger charge is -2.23. The number of rotatable bonds is 7. The molecule has 2 heterocycles. The molecule has 3 aromatic carbocycles. The fraction of sp³-hybridized carbons (Fsp3) is 0.233. The Kier molecular flexibility index (Phi) is 8.04. The van der Waals surface area contributed by atoms with Gasteiger partial charge < -0.3 is 5.32 Å². The van der Waals surface area contributed by atoms with Crippen LogP contribution in [0.15, 0.2) is 78.9 Å². The summed E-state index contributed by atoms with van der Waals surface area (Å²) in [7, 11) is 0. The Morgan fingerprint density at radius 2 is 1.77 bits per heavy atom. The fourth-order valence-electron chi connectivity index (χ4n) is 4.54. The zero-order valence-corrected chi connectivity index (χ0v) is 23.2. The predicted molar refractivity (Wildman–Crippen MR) is 155 cm³/mol. The monoisotopic (exact) mass is 562 g/mol. The van der Waals surface area contributed by atoms with Gasteiger partial charge in [-0.2, -0.15) is 5.10 Å². The molecule has 5 rings (SSSR count). The summed E-state index contributed by atoms with van der Waals surface area (Å²) < 4.78 is 15.6. The summed E-state index contributed by atoms with van der Waals surface area (Å²) in [4.78, 5) is 28.2. The fourth-order valence-corrected chi connectivity index (χ4v) is 5.95. The minimum atomic E-state index is -0.347. The highest BCUT2D eigenvalue weighted by Crippen LogP contribution is 2.48. The van der Waals surface area contributed by atoms with Crippen molar-refractivity contribution in [2.75, 3.05) is 23.7 Å². The highest BCUT2D eigenvalue weighted by atomic mass is 35.5. The SMILES string of the molecule is CC(C)CNC(=O)CN1C(=O)CS[C@H](c2ccc(F)cc2)c2c(-c3ccccc3)nn(-c3ccccc3Cl)c21. The van der Waals surface area contributed by atoms with E-state index in [4.69, 9.17) is 16.7 Å². The highest BCUT2D eigenvalue weighted by molar-refractivity contribution is 8.00. The maximum absolute atomic E-state index is 13.9. The van der Waals surface area contributed by atoms with Gasteiger partial charge in [0.15, 0.2) is 0 Å². The minimum absolute atomic E-state index is 0.130. The molecule has 1 atom stereocenters. The molecule has 0 fully saturated rings. The summed E-state index contributed by atoms with van der Waals surface area (Å²) in [6, 6.07) is 23.2. The van der Waals surface area contributed by atoms with Crippen molar-refractivity contribution in [2.24, 2.45) is 5.92 Å². The molecule has 200 valence electrons. The third kappa shape index (κ3) is 5.72. The van der Waals surface area contributed by atoms with Crippen LogP contribution in [0.25, 0.3) is 16.9 Å². The first-order chi connectivity index (χ1) is 18.8. The number of halogens is 2. The third-order valence-electron chi connectivity index (χ3n) is 6.40. The van der Waals surface area contributed by atoms with Crippen LogP contribution in [0.3, 0.4) is 0 Å². The van der Waals surface area contributed by atoms with E-state index in [1.54, 1.807) is 22.9 Å². The number of carbonyl (C=O) groups excluding carboxylic acids is 2. The first-order valence-electron chi connectivity index (χ1n) is 12.7. The molecule has 6 nitrogen and oxygen atoms in total. The lowest BCUT2D eigenvalue weighted by Crippen LogP contribution is -2.43. The van der Waals surface area contributed by atoms with Crippen molar-refractivity contribution < 1.29 is 14.0 Å². The van der Waals surface area contributed by atoms with E-state index >= 15 is 0 Å². The molecule has 0 saturated heterocycles. The molecule has 0 bridgehead atoms. The van der Waals surface area contributed by atoms with Gasteiger partial charge in [-0.3, -0.25) is 14.5 Å². The lowest BCUT2D eigenvalue weighted by atomic mass is 9.99. The number of carbonyl (C=O) groups is 2. The second kappa shape index (κ2) is 11.6. The molecule has 2 amide bonds. The molecule has 0 spiro atoms. The number of fused-ring (bicyclic) bond motifs is 1. The van der Waals surface area contributed by atoms with Gasteiger partial charge in [0.1, 0.15) is 18.2 Å². The van der Waals surface area contributed by atoms with E-state index in [0.717, 1.165) is 16.7 Å². The number of aromatic nitrogens is 2. The molecule has 0 saturated carbocycles. The summed E-state index contributed by atoms with van der Waals surface area (Å²) >= 11 is 8.08. The Balaban J connectivity index is 1.77. The Labute approximate surface area is 236 Å². The summed E-state index contributed by atoms with van der Waals surface area (Å²) in [5.74, 6) is 0.0456. The van der Waals surface area contributed by atoms with Crippen LogP contribution >= 0.6 is 23.4 Å². The van der Waals surface area contributed by atoms with E-state index < -0.39 is 0 Å². The van der Waals surface area contributed by atoms with Gasteiger partial charge in [-0.1, -0.05) is 80.0 Å². The maximum atomic E-state index is 13.9. The van der Waals surface area contributed by atoms with E-state index in [1.807, 2.05) is 62.4 Å². The minimum Gasteiger partial charge on any atom is -0.354 e. The van der Waals surface area contributed by atoms with E-state index in [2.05, 4.69) is 5.32 Å². The van der Waals surface area contributed by atoms with Gasteiger partial charge in [0.2, 0.25) is 11.8 Å². The molecular formula is C30H28ClFN4O2S. The summed E-state index contributed by atoms with van der Waals surface area (Å²) in [5, 5.41) is 8.04. The number of amides is 2. The zero-order chi connectivity index (χ0) is 27.5. The van der Waals surface area contributed by atoms with Crippen LogP contribution in [-0.2, 0) is 9.59 Å². The average Bonchev–Trinajstić information content (AvgIpc) is 3.25. The zero-order valence-electron chi connectivity index (χ0n) is 21.6. The number of nitrogens with one attached hydrogen (secondary N) is 1. The Hall–Kier alpha value is -3.62. The Morgan fingerprint density at radius 1 is 1.08 bits per heavy atom. The molecule has 39 heavy (non-hydrogen) atoms. The van der Waals surface area contributed by atoms with Gasteiger partial charge in [0, 0.05) is 17.7 Å². The van der Waals surface area contributed by atoms with Crippen LogP contribution in [-0.4, -0.2) is 40.4 Å². The topological polar surface area (TPSA) is 67.2 Å². The van der Waals surface area contributed by atoms with Crippen LogP contribution < -0.4 is 10.2 Å². The smallest absolute Gasteiger partial charge is 0.240 e. The summed E-state index contributed by atoms with van der Waals surface area (Å²) in [6.07, 6.45) is 0. The Bertz CT molecular complexity index is 1490. The molecule has 1 aliphatic rings. The van der Waals surface area contributed by atoms with Gasteiger partial charge >= 0.3 is 0 Å². The number of hydrogen-bond acceptors (Lipinski definition) is 4. The van der Waals surface area contributed by atoms with E-state index in [0.29, 0.717) is 28.8 Å². The molecule has 9 heteroatoms. The van der Waals surface area contributed by atoms with E-state index in [-0.39, 0.29) is 41.1 Å². The molecule has 0 radical (unpaired) electrons. The van der Waals surface area contributed by atoms with Crippen LogP contribution in [0.2, 0.25) is 5.02 Å². The first-order valence-corrected chi connectivity index (χ1v) is 14.1. The third-order valence-corrected chi connectivity index (χ3v) is 7.97. The van der Waals surface area contributed by atoms with Gasteiger partial charge in [-0.25, -0.2) is 9.07 Å². The standard InChI is InChI=1S/C30H28ClFN4O2S/c1-19(2)16-33-25(37)17-35-26(38)18-39-29(21-12-14-22(32)15-13-21)27-28(20-8-4-3-5-9-20)34-36(30(27)35)24-11-7-6-10-23(24)31/h3-15,19,29H,16-18H2,1-2H3,(H,33,37)/t29-/m1/s1. The highest BCUT2D eigenvalue weighted by Gasteiger charge is 2.38. The van der Waals surface area contributed by atoms with Crippen LogP contribution in [0.4, 0.5) is 10.2 Å². The van der Waals surface area contributed by atoms with Crippen LogP contribution in [0.1, 0.15) is 30.2 Å².